The monoisotopic (exact) mass is 626 g/mol. The Morgan fingerprint density at radius 1 is 0.367 bits per heavy atom. The van der Waals surface area contributed by atoms with E-state index >= 15 is 0 Å². The van der Waals surface area contributed by atoms with Crippen LogP contribution >= 0.6 is 0 Å². The lowest BCUT2D eigenvalue weighted by molar-refractivity contribution is 0.623. The van der Waals surface area contributed by atoms with E-state index < -0.39 is 0 Å². The minimum absolute atomic E-state index is 0.572. The van der Waals surface area contributed by atoms with Gasteiger partial charge in [0.25, 0.3) is 0 Å². The first-order chi connectivity index (χ1) is 24.3. The summed E-state index contributed by atoms with van der Waals surface area (Å²) in [7, 11) is 0. The predicted octanol–water partition coefficient (Wildman–Crippen LogP) is 11.3. The van der Waals surface area contributed by atoms with Crippen LogP contribution < -0.4 is 0 Å². The second-order valence-corrected chi connectivity index (χ2v) is 12.3. The van der Waals surface area contributed by atoms with Crippen molar-refractivity contribution in [3.8, 4) is 45.6 Å². The highest BCUT2D eigenvalue weighted by atomic mass is 16.3. The molecule has 2 aromatic heterocycles. The fraction of sp³-hybridized carbons (Fsp3) is 0. The minimum Gasteiger partial charge on any atom is -0.435 e. The number of nitrogens with zero attached hydrogens (tertiary/aromatic N) is 4. The van der Waals surface area contributed by atoms with Crippen LogP contribution in [0.1, 0.15) is 0 Å². The van der Waals surface area contributed by atoms with Gasteiger partial charge in [0.05, 0.1) is 0 Å². The van der Waals surface area contributed by atoms with Crippen molar-refractivity contribution in [3.63, 3.8) is 0 Å². The Morgan fingerprint density at radius 3 is 1.84 bits per heavy atom. The van der Waals surface area contributed by atoms with Gasteiger partial charge in [0.2, 0.25) is 5.89 Å². The third-order valence-electron chi connectivity index (χ3n) is 9.33. The van der Waals surface area contributed by atoms with Crippen LogP contribution in [0.15, 0.2) is 162 Å². The Labute approximate surface area is 281 Å². The molecule has 228 valence electrons. The van der Waals surface area contributed by atoms with Crippen LogP contribution in [0, 0.1) is 0 Å². The summed E-state index contributed by atoms with van der Waals surface area (Å²) in [6.45, 7) is 0. The lowest BCUT2D eigenvalue weighted by atomic mass is 9.99. The molecule has 0 amide bonds. The molecule has 0 saturated carbocycles. The quantitative estimate of drug-likeness (QED) is 0.182. The second-order valence-electron chi connectivity index (χ2n) is 12.3. The van der Waals surface area contributed by atoms with E-state index in [0.717, 1.165) is 54.7 Å². The Morgan fingerprint density at radius 2 is 0.980 bits per heavy atom. The van der Waals surface area contributed by atoms with Gasteiger partial charge in [0, 0.05) is 27.6 Å². The summed E-state index contributed by atoms with van der Waals surface area (Å²) in [5.74, 6) is 2.37. The Kier molecular flexibility index (Phi) is 6.11. The maximum absolute atomic E-state index is 6.52. The van der Waals surface area contributed by atoms with Crippen molar-refractivity contribution in [3.05, 3.63) is 158 Å². The van der Waals surface area contributed by atoms with Gasteiger partial charge in [-0.2, -0.15) is 0 Å². The second kappa shape index (κ2) is 10.9. The van der Waals surface area contributed by atoms with Crippen molar-refractivity contribution in [2.24, 2.45) is 0 Å². The predicted molar refractivity (Wildman–Crippen MR) is 199 cm³/mol. The fourth-order valence-electron chi connectivity index (χ4n) is 6.96. The van der Waals surface area contributed by atoms with Crippen LogP contribution in [-0.4, -0.2) is 19.9 Å². The van der Waals surface area contributed by atoms with Crippen molar-refractivity contribution in [1.29, 1.82) is 0 Å². The van der Waals surface area contributed by atoms with Crippen molar-refractivity contribution in [2.45, 2.75) is 0 Å². The van der Waals surface area contributed by atoms with E-state index in [-0.39, 0.29) is 0 Å². The minimum atomic E-state index is 0.572. The molecule has 10 rings (SSSR count). The summed E-state index contributed by atoms with van der Waals surface area (Å²) in [4.78, 5) is 20.4. The first-order valence-electron chi connectivity index (χ1n) is 16.3. The highest BCUT2D eigenvalue weighted by Gasteiger charge is 2.19. The molecule has 0 bridgehead atoms. The molecule has 0 atom stereocenters. The molecule has 0 aliphatic carbocycles. The summed E-state index contributed by atoms with van der Waals surface area (Å²) in [6.07, 6.45) is 0. The summed E-state index contributed by atoms with van der Waals surface area (Å²) < 4.78 is 6.52. The molecule has 0 unspecified atom stereocenters. The van der Waals surface area contributed by atoms with Gasteiger partial charge in [0.15, 0.2) is 23.1 Å². The Bertz CT molecular complexity index is 2890. The van der Waals surface area contributed by atoms with Crippen LogP contribution in [0.2, 0.25) is 0 Å². The fourth-order valence-corrected chi connectivity index (χ4v) is 6.96. The molecule has 8 aromatic carbocycles. The SMILES string of the molecule is c1ccc(-c2nc3ccc4cccc(-c5nc(-c6ccc7c(ccc8ccccc87)c6)nc(-c6cccc7ccccc67)n5)c4c3o2)cc1. The number of fused-ring (bicyclic) bond motifs is 7. The molecule has 0 aliphatic heterocycles. The van der Waals surface area contributed by atoms with Gasteiger partial charge in [-0.05, 0) is 62.0 Å². The first kappa shape index (κ1) is 27.4. The zero-order valence-corrected chi connectivity index (χ0v) is 26.2. The van der Waals surface area contributed by atoms with Crippen LogP contribution in [0.5, 0.6) is 0 Å². The van der Waals surface area contributed by atoms with E-state index in [2.05, 4.69) is 115 Å². The Balaban J connectivity index is 1.23. The van der Waals surface area contributed by atoms with Crippen LogP contribution in [0.25, 0.3) is 99.8 Å². The van der Waals surface area contributed by atoms with Gasteiger partial charge >= 0.3 is 0 Å². The molecule has 5 nitrogen and oxygen atoms in total. The van der Waals surface area contributed by atoms with E-state index in [0.29, 0.717) is 28.9 Å². The summed E-state index contributed by atoms with van der Waals surface area (Å²) in [5, 5.41) is 8.92. The van der Waals surface area contributed by atoms with Gasteiger partial charge in [-0.25, -0.2) is 19.9 Å². The third kappa shape index (κ3) is 4.55. The number of hydrogen-bond acceptors (Lipinski definition) is 5. The van der Waals surface area contributed by atoms with Crippen LogP contribution in [0.4, 0.5) is 0 Å². The molecule has 0 saturated heterocycles. The van der Waals surface area contributed by atoms with Gasteiger partial charge in [0.1, 0.15) is 5.52 Å². The standard InChI is InChI=1S/C44H26N4O/c1-2-12-30(13-3-1)44-45-38-25-23-29-15-9-19-37(39(29)40(38)49-44)43-47-41(46-42(48-43)36-18-8-14-27-10-4-7-17-34(27)36)32-22-24-35-31(26-32)21-20-28-11-5-6-16-33(28)35/h1-26H. The molecular weight excluding hydrogens is 601 g/mol. The van der Waals surface area contributed by atoms with Gasteiger partial charge in [-0.3, -0.25) is 0 Å². The average Bonchev–Trinajstić information content (AvgIpc) is 3.62. The molecule has 0 spiro atoms. The topological polar surface area (TPSA) is 64.7 Å². The molecule has 0 radical (unpaired) electrons. The van der Waals surface area contributed by atoms with E-state index in [1.165, 1.54) is 16.2 Å². The zero-order chi connectivity index (χ0) is 32.3. The molecule has 0 N–H and O–H groups in total. The van der Waals surface area contributed by atoms with Crippen LogP contribution in [-0.2, 0) is 0 Å². The number of oxazole rings is 1. The lowest BCUT2D eigenvalue weighted by Gasteiger charge is -2.12. The van der Waals surface area contributed by atoms with Crippen molar-refractivity contribution < 1.29 is 4.42 Å². The maximum atomic E-state index is 6.52. The van der Waals surface area contributed by atoms with E-state index in [4.69, 9.17) is 24.4 Å². The zero-order valence-electron chi connectivity index (χ0n) is 26.2. The smallest absolute Gasteiger partial charge is 0.227 e. The molecule has 0 fully saturated rings. The van der Waals surface area contributed by atoms with Gasteiger partial charge in [-0.15, -0.1) is 0 Å². The highest BCUT2D eigenvalue weighted by molar-refractivity contribution is 6.11. The highest BCUT2D eigenvalue weighted by Crippen LogP contribution is 2.38. The molecule has 5 heteroatoms. The number of aromatic nitrogens is 4. The lowest BCUT2D eigenvalue weighted by Crippen LogP contribution is -2.01. The molecular formula is C44H26N4O. The number of rotatable bonds is 4. The summed E-state index contributed by atoms with van der Waals surface area (Å²) >= 11 is 0. The molecule has 10 aromatic rings. The van der Waals surface area contributed by atoms with E-state index in [1.54, 1.807) is 0 Å². The van der Waals surface area contributed by atoms with Gasteiger partial charge < -0.3 is 4.42 Å². The van der Waals surface area contributed by atoms with E-state index in [1.807, 2.05) is 42.5 Å². The van der Waals surface area contributed by atoms with Crippen molar-refractivity contribution in [2.75, 3.05) is 0 Å². The number of hydrogen-bond donors (Lipinski definition) is 0. The summed E-state index contributed by atoms with van der Waals surface area (Å²) in [6, 6.07) is 54.2. The Hall–Kier alpha value is -6.72. The van der Waals surface area contributed by atoms with Crippen molar-refractivity contribution >= 4 is 54.2 Å². The average molecular weight is 627 g/mol. The van der Waals surface area contributed by atoms with Crippen molar-refractivity contribution in [1.82, 2.24) is 19.9 Å². The molecule has 49 heavy (non-hydrogen) atoms. The molecule has 0 aliphatic rings. The normalized spacial score (nSPS) is 11.7. The molecule has 2 heterocycles. The number of benzene rings is 8. The third-order valence-corrected chi connectivity index (χ3v) is 9.33. The maximum Gasteiger partial charge on any atom is 0.227 e. The van der Waals surface area contributed by atoms with Crippen LogP contribution in [0.3, 0.4) is 0 Å². The van der Waals surface area contributed by atoms with Gasteiger partial charge in [-0.1, -0.05) is 133 Å². The summed E-state index contributed by atoms with van der Waals surface area (Å²) in [5.41, 5.74) is 5.14. The van der Waals surface area contributed by atoms with E-state index in [9.17, 15) is 0 Å². The first-order valence-corrected chi connectivity index (χ1v) is 16.3. The largest absolute Gasteiger partial charge is 0.435 e.